The molecule has 1 amide bonds. The molecule has 2 saturated heterocycles. The van der Waals surface area contributed by atoms with Gasteiger partial charge in [-0.2, -0.15) is 0 Å². The molecule has 0 radical (unpaired) electrons. The number of carbonyl (C=O) groups is 2. The number of hydrogen-bond donors (Lipinski definition) is 2. The molecule has 100 valence electrons. The lowest BCUT2D eigenvalue weighted by Gasteiger charge is -2.23. The quantitative estimate of drug-likeness (QED) is 0.844. The number of carboxylic acids is 1. The molecule has 6 nitrogen and oxygen atoms in total. The molecule has 2 fully saturated rings. The van der Waals surface area contributed by atoms with Gasteiger partial charge < -0.3 is 15.2 Å². The molecule has 4 atom stereocenters. The van der Waals surface area contributed by atoms with Gasteiger partial charge in [-0.05, 0) is 25.0 Å². The largest absolute Gasteiger partial charge is 0.481 e. The molecule has 2 aliphatic heterocycles. The third-order valence-electron chi connectivity index (χ3n) is 3.79. The second-order valence-electron chi connectivity index (χ2n) is 4.91. The predicted molar refractivity (Wildman–Crippen MR) is 65.4 cm³/mol. The molecule has 0 spiro atoms. The van der Waals surface area contributed by atoms with Crippen molar-refractivity contribution in [1.29, 1.82) is 0 Å². The molecule has 0 aromatic carbocycles. The SMILES string of the molecule is O=C(Nc1cccnc1)[C@@H]1[C@H](C(=O)O)[C@@H]2CC[C@H]1O2. The minimum absolute atomic E-state index is 0.275. The standard InChI is InChI=1S/C13H14N2O4/c16-12(15-7-2-1-5-14-6-7)10-8-3-4-9(19-8)11(10)13(17)18/h1-2,5-6,8-11H,3-4H2,(H,15,16)(H,17,18)/t8-,9+,10+,11-/m1/s1. The number of pyridine rings is 1. The second-order valence-corrected chi connectivity index (χ2v) is 4.91. The Kier molecular flexibility index (Phi) is 2.94. The van der Waals surface area contributed by atoms with Gasteiger partial charge in [0.25, 0.3) is 0 Å². The lowest BCUT2D eigenvalue weighted by atomic mass is 9.78. The molecule has 0 unspecified atom stereocenters. The monoisotopic (exact) mass is 262 g/mol. The highest BCUT2D eigenvalue weighted by molar-refractivity contribution is 5.96. The van der Waals surface area contributed by atoms with E-state index in [1.54, 1.807) is 18.3 Å². The number of fused-ring (bicyclic) bond motifs is 2. The van der Waals surface area contributed by atoms with Crippen LogP contribution in [0.25, 0.3) is 0 Å². The number of ether oxygens (including phenoxy) is 1. The van der Waals surface area contributed by atoms with E-state index in [9.17, 15) is 14.7 Å². The third kappa shape index (κ3) is 2.08. The number of carbonyl (C=O) groups excluding carboxylic acids is 1. The molecule has 6 heteroatoms. The Morgan fingerprint density at radius 3 is 2.68 bits per heavy atom. The summed E-state index contributed by atoms with van der Waals surface area (Å²) in [5, 5.41) is 12.0. The number of amides is 1. The van der Waals surface area contributed by atoms with Gasteiger partial charge >= 0.3 is 5.97 Å². The topological polar surface area (TPSA) is 88.5 Å². The molecular weight excluding hydrogens is 248 g/mol. The summed E-state index contributed by atoms with van der Waals surface area (Å²) in [6.07, 6.45) is 4.01. The zero-order chi connectivity index (χ0) is 13.4. The Morgan fingerprint density at radius 2 is 2.05 bits per heavy atom. The fourth-order valence-corrected chi connectivity index (χ4v) is 2.99. The highest BCUT2D eigenvalue weighted by Gasteiger charge is 2.55. The molecule has 0 aliphatic carbocycles. The molecule has 3 rings (SSSR count). The van der Waals surface area contributed by atoms with E-state index in [-0.39, 0.29) is 18.1 Å². The van der Waals surface area contributed by atoms with Crippen LogP contribution < -0.4 is 5.32 Å². The van der Waals surface area contributed by atoms with E-state index in [4.69, 9.17) is 4.74 Å². The first-order valence-electron chi connectivity index (χ1n) is 6.26. The molecule has 2 N–H and O–H groups in total. The fraction of sp³-hybridized carbons (Fsp3) is 0.462. The highest BCUT2D eigenvalue weighted by atomic mass is 16.5. The summed E-state index contributed by atoms with van der Waals surface area (Å²) in [7, 11) is 0. The smallest absolute Gasteiger partial charge is 0.310 e. The van der Waals surface area contributed by atoms with Crippen molar-refractivity contribution in [2.45, 2.75) is 25.0 Å². The van der Waals surface area contributed by atoms with Crippen LogP contribution in [-0.2, 0) is 14.3 Å². The Bertz CT molecular complexity index is 505. The molecule has 0 saturated carbocycles. The van der Waals surface area contributed by atoms with Crippen molar-refractivity contribution in [2.24, 2.45) is 11.8 Å². The van der Waals surface area contributed by atoms with E-state index in [0.29, 0.717) is 5.69 Å². The molecule has 3 heterocycles. The van der Waals surface area contributed by atoms with Crippen LogP contribution in [0.1, 0.15) is 12.8 Å². The summed E-state index contributed by atoms with van der Waals surface area (Å²) < 4.78 is 5.56. The van der Waals surface area contributed by atoms with Crippen LogP contribution >= 0.6 is 0 Å². The van der Waals surface area contributed by atoms with E-state index >= 15 is 0 Å². The van der Waals surface area contributed by atoms with Crippen molar-refractivity contribution in [2.75, 3.05) is 5.32 Å². The van der Waals surface area contributed by atoms with Gasteiger partial charge in [0.1, 0.15) is 0 Å². The van der Waals surface area contributed by atoms with Crippen molar-refractivity contribution >= 4 is 17.6 Å². The number of carboxylic acid groups (broad SMARTS) is 1. The maximum Gasteiger partial charge on any atom is 0.310 e. The van der Waals surface area contributed by atoms with Crippen LogP contribution in [0.15, 0.2) is 24.5 Å². The molecule has 2 aliphatic rings. The third-order valence-corrected chi connectivity index (χ3v) is 3.79. The zero-order valence-corrected chi connectivity index (χ0v) is 10.2. The number of aliphatic carboxylic acids is 1. The average molecular weight is 262 g/mol. The van der Waals surface area contributed by atoms with Gasteiger partial charge in [0.2, 0.25) is 5.91 Å². The van der Waals surface area contributed by atoms with E-state index in [2.05, 4.69) is 10.3 Å². The van der Waals surface area contributed by atoms with Crippen molar-refractivity contribution in [3.8, 4) is 0 Å². The molecule has 2 bridgehead atoms. The normalized spacial score (nSPS) is 32.2. The van der Waals surface area contributed by atoms with E-state index in [1.807, 2.05) is 0 Å². The zero-order valence-electron chi connectivity index (χ0n) is 10.2. The van der Waals surface area contributed by atoms with Gasteiger partial charge in [-0.25, -0.2) is 0 Å². The number of hydrogen-bond acceptors (Lipinski definition) is 4. The minimum Gasteiger partial charge on any atom is -0.481 e. The fourth-order valence-electron chi connectivity index (χ4n) is 2.99. The number of nitrogens with zero attached hydrogens (tertiary/aromatic N) is 1. The number of rotatable bonds is 3. The summed E-state index contributed by atoms with van der Waals surface area (Å²) in [5.74, 6) is -2.61. The van der Waals surface area contributed by atoms with Crippen molar-refractivity contribution in [3.05, 3.63) is 24.5 Å². The average Bonchev–Trinajstić information content (AvgIpc) is 2.99. The van der Waals surface area contributed by atoms with Gasteiger partial charge in [-0.3, -0.25) is 14.6 Å². The summed E-state index contributed by atoms with van der Waals surface area (Å²) >= 11 is 0. The van der Waals surface area contributed by atoms with Crippen molar-refractivity contribution in [1.82, 2.24) is 4.98 Å². The lowest BCUT2D eigenvalue weighted by molar-refractivity contribution is -0.147. The van der Waals surface area contributed by atoms with Crippen molar-refractivity contribution in [3.63, 3.8) is 0 Å². The van der Waals surface area contributed by atoms with Crippen LogP contribution in [0.4, 0.5) is 5.69 Å². The summed E-state index contributed by atoms with van der Waals surface area (Å²) in [5.41, 5.74) is 0.569. The Hall–Kier alpha value is -1.95. The molecule has 1 aromatic rings. The lowest BCUT2D eigenvalue weighted by Crippen LogP contribution is -2.40. The number of anilines is 1. The van der Waals surface area contributed by atoms with Gasteiger partial charge in [-0.1, -0.05) is 0 Å². The highest BCUT2D eigenvalue weighted by Crippen LogP contribution is 2.44. The van der Waals surface area contributed by atoms with E-state index in [1.165, 1.54) is 6.20 Å². The summed E-state index contributed by atoms with van der Waals surface area (Å²) in [6.45, 7) is 0. The number of aromatic nitrogens is 1. The maximum absolute atomic E-state index is 12.2. The summed E-state index contributed by atoms with van der Waals surface area (Å²) in [6, 6.07) is 3.43. The van der Waals surface area contributed by atoms with Crippen LogP contribution in [0, 0.1) is 11.8 Å². The van der Waals surface area contributed by atoms with Crippen LogP contribution in [0.2, 0.25) is 0 Å². The van der Waals surface area contributed by atoms with Crippen LogP contribution in [-0.4, -0.2) is 34.2 Å². The predicted octanol–water partition coefficient (Wildman–Crippen LogP) is 0.898. The minimum atomic E-state index is -0.960. The van der Waals surface area contributed by atoms with E-state index in [0.717, 1.165) is 12.8 Å². The first-order valence-corrected chi connectivity index (χ1v) is 6.26. The Labute approximate surface area is 109 Å². The van der Waals surface area contributed by atoms with E-state index < -0.39 is 17.8 Å². The van der Waals surface area contributed by atoms with Gasteiger partial charge in [0.15, 0.2) is 0 Å². The van der Waals surface area contributed by atoms with Gasteiger partial charge in [0.05, 0.1) is 35.9 Å². The Morgan fingerprint density at radius 1 is 1.32 bits per heavy atom. The maximum atomic E-state index is 12.2. The molecule has 1 aromatic heterocycles. The first-order chi connectivity index (χ1) is 9.16. The van der Waals surface area contributed by atoms with Crippen molar-refractivity contribution < 1.29 is 19.4 Å². The molecule has 19 heavy (non-hydrogen) atoms. The first kappa shape index (κ1) is 12.1. The molecular formula is C13H14N2O4. The van der Waals surface area contributed by atoms with Crippen LogP contribution in [0.5, 0.6) is 0 Å². The summed E-state index contributed by atoms with van der Waals surface area (Å²) in [4.78, 5) is 27.4. The van der Waals surface area contributed by atoms with Gasteiger partial charge in [-0.15, -0.1) is 0 Å². The second kappa shape index (κ2) is 4.62. The number of nitrogens with one attached hydrogen (secondary N) is 1. The van der Waals surface area contributed by atoms with Crippen LogP contribution in [0.3, 0.4) is 0 Å². The Balaban J connectivity index is 1.77. The van der Waals surface area contributed by atoms with Gasteiger partial charge in [0, 0.05) is 6.20 Å².